The minimum Gasteiger partial charge on any atom is -0.492 e. The minimum absolute atomic E-state index is 0.130. The van der Waals surface area contributed by atoms with Crippen LogP contribution in [0.4, 0.5) is 5.69 Å². The van der Waals surface area contributed by atoms with Gasteiger partial charge in [0.1, 0.15) is 12.4 Å². The van der Waals surface area contributed by atoms with Crippen molar-refractivity contribution in [3.05, 3.63) is 54.1 Å². The molecule has 2 aromatic rings. The number of carbonyl (C=O) groups is 2. The summed E-state index contributed by atoms with van der Waals surface area (Å²) in [5.74, 6) is 0.493. The Kier molecular flexibility index (Phi) is 5.60. The second-order valence-corrected chi connectivity index (χ2v) is 7.05. The van der Waals surface area contributed by atoms with E-state index in [9.17, 15) is 9.59 Å². The van der Waals surface area contributed by atoms with Crippen LogP contribution in [0.1, 0.15) is 12.0 Å². The number of amides is 2. The molecule has 2 aromatic carbocycles. The first-order chi connectivity index (χ1) is 12.1. The highest BCUT2D eigenvalue weighted by atomic mass is 32.2. The largest absolute Gasteiger partial charge is 0.492 e. The first kappa shape index (κ1) is 17.4. The van der Waals surface area contributed by atoms with Gasteiger partial charge >= 0.3 is 0 Å². The van der Waals surface area contributed by atoms with E-state index in [2.05, 4.69) is 10.6 Å². The van der Waals surface area contributed by atoms with Crippen molar-refractivity contribution >= 4 is 29.3 Å². The van der Waals surface area contributed by atoms with Crippen LogP contribution < -0.4 is 15.4 Å². The topological polar surface area (TPSA) is 67.4 Å². The lowest BCUT2D eigenvalue weighted by Gasteiger charge is -2.23. The molecule has 1 aliphatic heterocycles. The van der Waals surface area contributed by atoms with Gasteiger partial charge < -0.3 is 15.4 Å². The van der Waals surface area contributed by atoms with Gasteiger partial charge in [-0.1, -0.05) is 29.8 Å². The number of hydrogen-bond acceptors (Lipinski definition) is 4. The first-order valence-electron chi connectivity index (χ1n) is 8.14. The monoisotopic (exact) mass is 356 g/mol. The van der Waals surface area contributed by atoms with Crippen LogP contribution in [0.5, 0.6) is 5.75 Å². The smallest absolute Gasteiger partial charge is 0.238 e. The summed E-state index contributed by atoms with van der Waals surface area (Å²) in [6.45, 7) is 2.81. The number of carbonyl (C=O) groups excluding carboxylic acids is 2. The van der Waals surface area contributed by atoms with Crippen molar-refractivity contribution < 1.29 is 14.3 Å². The number of thioether (sulfide) groups is 1. The summed E-state index contributed by atoms with van der Waals surface area (Å²) in [6, 6.07) is 15.4. The maximum Gasteiger partial charge on any atom is 0.238 e. The second kappa shape index (κ2) is 8.07. The van der Waals surface area contributed by atoms with Crippen molar-refractivity contribution in [3.8, 4) is 5.75 Å². The number of benzene rings is 2. The van der Waals surface area contributed by atoms with E-state index >= 15 is 0 Å². The van der Waals surface area contributed by atoms with Gasteiger partial charge in [-0.2, -0.15) is 0 Å². The van der Waals surface area contributed by atoms with E-state index in [1.54, 1.807) is 0 Å². The number of anilines is 1. The molecule has 1 atom stereocenters. The molecule has 130 valence electrons. The van der Waals surface area contributed by atoms with Crippen LogP contribution >= 0.6 is 11.8 Å². The number of aryl methyl sites for hydroxylation is 1. The van der Waals surface area contributed by atoms with E-state index in [0.29, 0.717) is 13.2 Å². The second-order valence-electron chi connectivity index (χ2n) is 5.81. The maximum absolute atomic E-state index is 12.1. The third-order valence-corrected chi connectivity index (χ3v) is 5.07. The molecular weight excluding hydrogens is 336 g/mol. The fourth-order valence-electron chi connectivity index (χ4n) is 2.46. The Labute approximate surface area is 151 Å². The Morgan fingerprint density at radius 1 is 1.20 bits per heavy atom. The van der Waals surface area contributed by atoms with E-state index in [0.717, 1.165) is 16.3 Å². The molecular formula is C19H20N2O3S. The van der Waals surface area contributed by atoms with Crippen molar-refractivity contribution in [2.45, 2.75) is 23.5 Å². The summed E-state index contributed by atoms with van der Waals surface area (Å²) >= 11 is 1.43. The molecule has 1 aliphatic rings. The van der Waals surface area contributed by atoms with Gasteiger partial charge in [-0.3, -0.25) is 9.59 Å². The molecule has 5 nitrogen and oxygen atoms in total. The molecule has 0 fully saturated rings. The SMILES string of the molecule is Cc1ccc(OCCNC(=O)CC2Sc3ccccc3NC2=O)cc1. The van der Waals surface area contributed by atoms with Crippen molar-refractivity contribution in [2.75, 3.05) is 18.5 Å². The van der Waals surface area contributed by atoms with E-state index in [1.807, 2.05) is 55.5 Å². The zero-order valence-corrected chi connectivity index (χ0v) is 14.8. The van der Waals surface area contributed by atoms with Crippen molar-refractivity contribution in [3.63, 3.8) is 0 Å². The molecule has 0 bridgehead atoms. The van der Waals surface area contributed by atoms with Crippen molar-refractivity contribution in [2.24, 2.45) is 0 Å². The van der Waals surface area contributed by atoms with Gasteiger partial charge in [-0.15, -0.1) is 11.8 Å². The molecule has 25 heavy (non-hydrogen) atoms. The summed E-state index contributed by atoms with van der Waals surface area (Å²) in [5.41, 5.74) is 1.98. The Bertz CT molecular complexity index is 762. The number of hydrogen-bond donors (Lipinski definition) is 2. The molecule has 0 aliphatic carbocycles. The lowest BCUT2D eigenvalue weighted by Crippen LogP contribution is -2.36. The predicted molar refractivity (Wildman–Crippen MR) is 99.0 cm³/mol. The van der Waals surface area contributed by atoms with Crippen molar-refractivity contribution in [1.29, 1.82) is 0 Å². The number of para-hydroxylation sites is 1. The predicted octanol–water partition coefficient (Wildman–Crippen LogP) is 2.99. The Hall–Kier alpha value is -2.47. The fraction of sp³-hybridized carbons (Fsp3) is 0.263. The number of nitrogens with one attached hydrogen (secondary N) is 2. The molecule has 0 spiro atoms. The zero-order chi connectivity index (χ0) is 17.6. The number of rotatable bonds is 6. The maximum atomic E-state index is 12.1. The Morgan fingerprint density at radius 2 is 1.96 bits per heavy atom. The van der Waals surface area contributed by atoms with Crippen molar-refractivity contribution in [1.82, 2.24) is 5.32 Å². The van der Waals surface area contributed by atoms with Crippen LogP contribution in [0.2, 0.25) is 0 Å². The fourth-order valence-corrected chi connectivity index (χ4v) is 3.57. The van der Waals surface area contributed by atoms with Gasteiger partial charge in [0.15, 0.2) is 0 Å². The lowest BCUT2D eigenvalue weighted by atomic mass is 10.2. The summed E-state index contributed by atoms with van der Waals surface area (Å²) in [7, 11) is 0. The van der Waals surface area contributed by atoms with Crippen LogP contribution in [-0.4, -0.2) is 30.2 Å². The first-order valence-corrected chi connectivity index (χ1v) is 9.02. The molecule has 6 heteroatoms. The molecule has 1 heterocycles. The van der Waals surface area contributed by atoms with E-state index in [-0.39, 0.29) is 18.2 Å². The molecule has 0 saturated carbocycles. The summed E-state index contributed by atoms with van der Waals surface area (Å²) in [5, 5.41) is 5.23. The summed E-state index contributed by atoms with van der Waals surface area (Å²) < 4.78 is 5.57. The van der Waals surface area contributed by atoms with Crippen LogP contribution in [0, 0.1) is 6.92 Å². The van der Waals surface area contributed by atoms with Gasteiger partial charge in [0.05, 0.1) is 17.5 Å². The van der Waals surface area contributed by atoms with Gasteiger partial charge in [0.25, 0.3) is 0 Å². The van der Waals surface area contributed by atoms with Gasteiger partial charge in [-0.05, 0) is 31.2 Å². The third-order valence-electron chi connectivity index (χ3n) is 3.79. The highest BCUT2D eigenvalue weighted by molar-refractivity contribution is 8.01. The summed E-state index contributed by atoms with van der Waals surface area (Å²) in [4.78, 5) is 25.2. The normalized spacial score (nSPS) is 15.9. The Morgan fingerprint density at radius 3 is 2.76 bits per heavy atom. The van der Waals surface area contributed by atoms with Gasteiger partial charge in [0.2, 0.25) is 11.8 Å². The quantitative estimate of drug-likeness (QED) is 0.781. The molecule has 1 unspecified atom stereocenters. The van der Waals surface area contributed by atoms with Gasteiger partial charge in [-0.25, -0.2) is 0 Å². The minimum atomic E-state index is -0.409. The number of ether oxygens (including phenoxy) is 1. The average Bonchev–Trinajstić information content (AvgIpc) is 2.61. The molecule has 0 radical (unpaired) electrons. The lowest BCUT2D eigenvalue weighted by molar-refractivity contribution is -0.124. The molecule has 0 aromatic heterocycles. The van der Waals surface area contributed by atoms with Crippen LogP contribution in [0.25, 0.3) is 0 Å². The molecule has 2 N–H and O–H groups in total. The van der Waals surface area contributed by atoms with Gasteiger partial charge in [0, 0.05) is 11.3 Å². The zero-order valence-electron chi connectivity index (χ0n) is 14.0. The highest BCUT2D eigenvalue weighted by Crippen LogP contribution is 2.36. The average molecular weight is 356 g/mol. The standard InChI is InChI=1S/C19H20N2O3S/c1-13-6-8-14(9-7-13)24-11-10-20-18(22)12-17-19(23)21-15-4-2-3-5-16(15)25-17/h2-9,17H,10-12H2,1H3,(H,20,22)(H,21,23). The van der Waals surface area contributed by atoms with E-state index < -0.39 is 5.25 Å². The molecule has 3 rings (SSSR count). The van der Waals surface area contributed by atoms with Crippen LogP contribution in [0.3, 0.4) is 0 Å². The number of fused-ring (bicyclic) bond motifs is 1. The summed E-state index contributed by atoms with van der Waals surface area (Å²) in [6.07, 6.45) is 0.148. The highest BCUT2D eigenvalue weighted by Gasteiger charge is 2.28. The van der Waals surface area contributed by atoms with E-state index in [1.165, 1.54) is 17.3 Å². The van der Waals surface area contributed by atoms with E-state index in [4.69, 9.17) is 4.74 Å². The Balaban J connectivity index is 1.42. The van der Waals surface area contributed by atoms with Crippen LogP contribution in [0.15, 0.2) is 53.4 Å². The van der Waals surface area contributed by atoms with Crippen LogP contribution in [-0.2, 0) is 9.59 Å². The molecule has 2 amide bonds. The third kappa shape index (κ3) is 4.76. The molecule has 0 saturated heterocycles.